The molecule has 0 atom stereocenters. The van der Waals surface area contributed by atoms with Gasteiger partial charge in [0, 0.05) is 5.56 Å². The van der Waals surface area contributed by atoms with Gasteiger partial charge in [0.15, 0.2) is 0 Å². The molecule has 0 amide bonds. The van der Waals surface area contributed by atoms with Crippen molar-refractivity contribution in [1.29, 1.82) is 0 Å². The Labute approximate surface area is 82.2 Å². The lowest BCUT2D eigenvalue weighted by molar-refractivity contribution is 0.622. The number of halogens is 1. The number of nitrogens with zero attached hydrogens (tertiary/aromatic N) is 1. The van der Waals surface area contributed by atoms with Crippen LogP contribution in [0.5, 0.6) is 0 Å². The molecule has 0 saturated heterocycles. The third-order valence-corrected chi connectivity index (χ3v) is 1.98. The van der Waals surface area contributed by atoms with Gasteiger partial charge in [-0.1, -0.05) is 24.3 Å². The monoisotopic (exact) mass is 186 g/mol. The Kier molecular flexibility index (Phi) is 2.27. The normalized spacial score (nSPS) is 10.1. The van der Waals surface area contributed by atoms with Gasteiger partial charge in [-0.15, -0.1) is 0 Å². The maximum absolute atomic E-state index is 12.6. The minimum Gasteiger partial charge on any atom is -0.253 e. The highest BCUT2D eigenvalue weighted by molar-refractivity contribution is 5.59. The topological polar surface area (TPSA) is 12.9 Å². The van der Waals surface area contributed by atoms with Crippen LogP contribution in [0.1, 0.15) is 5.56 Å². The lowest BCUT2D eigenvalue weighted by atomic mass is 10.1. The van der Waals surface area contributed by atoms with Crippen LogP contribution in [0.15, 0.2) is 42.6 Å². The van der Waals surface area contributed by atoms with Crippen LogP contribution in [0.25, 0.3) is 11.3 Å². The Hall–Kier alpha value is -1.70. The van der Waals surface area contributed by atoms with Gasteiger partial charge >= 0.3 is 0 Å². The summed E-state index contributed by atoms with van der Waals surface area (Å²) >= 11 is 0. The standard InChI is InChI=1S/C12H9FN/c1-9-2-4-10(5-3-9)12-7-6-11(13)8-14-12/h2-8H,1H2. The lowest BCUT2D eigenvalue weighted by Crippen LogP contribution is -1.84. The van der Waals surface area contributed by atoms with E-state index in [4.69, 9.17) is 0 Å². The molecule has 0 fully saturated rings. The molecule has 0 saturated carbocycles. The number of benzene rings is 1. The van der Waals surface area contributed by atoms with Crippen LogP contribution in [0.3, 0.4) is 0 Å². The SMILES string of the molecule is [CH2]c1ccc(-c2ccc(F)cn2)cc1. The Morgan fingerprint density at radius 3 is 2.29 bits per heavy atom. The molecule has 0 bridgehead atoms. The van der Waals surface area contributed by atoms with Crippen molar-refractivity contribution in [2.24, 2.45) is 0 Å². The van der Waals surface area contributed by atoms with E-state index in [0.29, 0.717) is 0 Å². The van der Waals surface area contributed by atoms with Gasteiger partial charge in [-0.25, -0.2) is 4.39 Å². The fourth-order valence-electron chi connectivity index (χ4n) is 1.22. The maximum atomic E-state index is 12.6. The predicted octanol–water partition coefficient (Wildman–Crippen LogP) is 3.07. The highest BCUT2D eigenvalue weighted by atomic mass is 19.1. The van der Waals surface area contributed by atoms with E-state index in [9.17, 15) is 4.39 Å². The average molecular weight is 186 g/mol. The van der Waals surface area contributed by atoms with Crippen molar-refractivity contribution in [3.05, 3.63) is 60.9 Å². The quantitative estimate of drug-likeness (QED) is 0.667. The number of rotatable bonds is 1. The Morgan fingerprint density at radius 1 is 1.00 bits per heavy atom. The highest BCUT2D eigenvalue weighted by Crippen LogP contribution is 2.16. The summed E-state index contributed by atoms with van der Waals surface area (Å²) in [6.45, 7) is 3.79. The van der Waals surface area contributed by atoms with Crippen molar-refractivity contribution in [2.45, 2.75) is 0 Å². The first-order chi connectivity index (χ1) is 6.75. The largest absolute Gasteiger partial charge is 0.253 e. The molecule has 14 heavy (non-hydrogen) atoms. The summed E-state index contributed by atoms with van der Waals surface area (Å²) in [6.07, 6.45) is 1.22. The van der Waals surface area contributed by atoms with E-state index in [0.717, 1.165) is 16.8 Å². The van der Waals surface area contributed by atoms with Crippen LogP contribution in [0.4, 0.5) is 4.39 Å². The minimum atomic E-state index is -0.317. The van der Waals surface area contributed by atoms with Gasteiger partial charge in [-0.05, 0) is 24.6 Å². The summed E-state index contributed by atoms with van der Waals surface area (Å²) in [5.41, 5.74) is 2.69. The van der Waals surface area contributed by atoms with Crippen molar-refractivity contribution in [1.82, 2.24) is 4.98 Å². The van der Waals surface area contributed by atoms with Crippen LogP contribution in [-0.4, -0.2) is 4.98 Å². The first kappa shape index (κ1) is 8.88. The molecule has 0 spiro atoms. The summed E-state index contributed by atoms with van der Waals surface area (Å²) in [5.74, 6) is -0.317. The molecule has 1 aromatic carbocycles. The van der Waals surface area contributed by atoms with Crippen molar-refractivity contribution < 1.29 is 4.39 Å². The first-order valence-electron chi connectivity index (χ1n) is 4.30. The Bertz CT molecular complexity index is 374. The van der Waals surface area contributed by atoms with E-state index in [2.05, 4.69) is 11.9 Å². The van der Waals surface area contributed by atoms with Crippen molar-refractivity contribution in [3.8, 4) is 11.3 Å². The zero-order valence-electron chi connectivity index (χ0n) is 7.57. The van der Waals surface area contributed by atoms with E-state index < -0.39 is 0 Å². The second-order valence-corrected chi connectivity index (χ2v) is 3.06. The molecule has 0 aliphatic carbocycles. The molecule has 1 heterocycles. The molecule has 1 aromatic heterocycles. The number of pyridine rings is 1. The second kappa shape index (κ2) is 3.58. The molecule has 0 unspecified atom stereocenters. The summed E-state index contributed by atoms with van der Waals surface area (Å²) in [5, 5.41) is 0. The third-order valence-electron chi connectivity index (χ3n) is 1.98. The van der Waals surface area contributed by atoms with Gasteiger partial charge in [0.05, 0.1) is 11.9 Å². The number of hydrogen-bond acceptors (Lipinski definition) is 1. The minimum absolute atomic E-state index is 0.317. The summed E-state index contributed by atoms with van der Waals surface area (Å²) in [7, 11) is 0. The molecule has 0 aliphatic rings. The summed E-state index contributed by atoms with van der Waals surface area (Å²) in [4.78, 5) is 3.98. The molecule has 0 aliphatic heterocycles. The second-order valence-electron chi connectivity index (χ2n) is 3.06. The van der Waals surface area contributed by atoms with Crippen LogP contribution >= 0.6 is 0 Å². The summed E-state index contributed by atoms with van der Waals surface area (Å²) < 4.78 is 12.6. The Balaban J connectivity index is 2.40. The molecule has 2 heteroatoms. The third kappa shape index (κ3) is 1.79. The molecule has 2 rings (SSSR count). The first-order valence-corrected chi connectivity index (χ1v) is 4.30. The van der Waals surface area contributed by atoms with Gasteiger partial charge in [-0.2, -0.15) is 0 Å². The average Bonchev–Trinajstić information content (AvgIpc) is 2.21. The lowest BCUT2D eigenvalue weighted by Gasteiger charge is -2.00. The Morgan fingerprint density at radius 2 is 1.71 bits per heavy atom. The molecule has 69 valence electrons. The predicted molar refractivity (Wildman–Crippen MR) is 54.1 cm³/mol. The molecule has 2 aromatic rings. The molecule has 0 N–H and O–H groups in total. The van der Waals surface area contributed by atoms with Gasteiger partial charge < -0.3 is 0 Å². The number of aromatic nitrogens is 1. The van der Waals surface area contributed by atoms with Gasteiger partial charge in [0.1, 0.15) is 5.82 Å². The number of hydrogen-bond donors (Lipinski definition) is 0. The zero-order valence-corrected chi connectivity index (χ0v) is 7.57. The van der Waals surface area contributed by atoms with E-state index in [1.165, 1.54) is 12.3 Å². The molecular formula is C12H9FN. The fraction of sp³-hybridized carbons (Fsp3) is 0. The van der Waals surface area contributed by atoms with E-state index >= 15 is 0 Å². The van der Waals surface area contributed by atoms with Gasteiger partial charge in [0.2, 0.25) is 0 Å². The van der Waals surface area contributed by atoms with Gasteiger partial charge in [-0.3, -0.25) is 4.98 Å². The summed E-state index contributed by atoms with van der Waals surface area (Å²) in [6, 6.07) is 10.7. The molecule has 1 nitrogen and oxygen atoms in total. The van der Waals surface area contributed by atoms with Gasteiger partial charge in [0.25, 0.3) is 0 Å². The maximum Gasteiger partial charge on any atom is 0.141 e. The van der Waals surface area contributed by atoms with E-state index in [-0.39, 0.29) is 5.82 Å². The van der Waals surface area contributed by atoms with Crippen molar-refractivity contribution in [2.75, 3.05) is 0 Å². The smallest absolute Gasteiger partial charge is 0.141 e. The van der Waals surface area contributed by atoms with Crippen LogP contribution in [-0.2, 0) is 0 Å². The molecular weight excluding hydrogens is 177 g/mol. The highest BCUT2D eigenvalue weighted by Gasteiger charge is 1.98. The zero-order chi connectivity index (χ0) is 9.97. The van der Waals surface area contributed by atoms with Crippen molar-refractivity contribution >= 4 is 0 Å². The van der Waals surface area contributed by atoms with Crippen LogP contribution in [0, 0.1) is 12.7 Å². The van der Waals surface area contributed by atoms with Crippen LogP contribution in [0.2, 0.25) is 0 Å². The van der Waals surface area contributed by atoms with Crippen molar-refractivity contribution in [3.63, 3.8) is 0 Å². The van der Waals surface area contributed by atoms with E-state index in [1.807, 2.05) is 24.3 Å². The molecule has 1 radical (unpaired) electrons. The van der Waals surface area contributed by atoms with E-state index in [1.54, 1.807) is 6.07 Å². The fourth-order valence-corrected chi connectivity index (χ4v) is 1.22. The van der Waals surface area contributed by atoms with Crippen LogP contribution < -0.4 is 0 Å².